The van der Waals surface area contributed by atoms with Crippen LogP contribution < -0.4 is 15.5 Å². The van der Waals surface area contributed by atoms with E-state index in [4.69, 9.17) is 9.73 Å². The Bertz CT molecular complexity index is 882. The second-order valence-electron chi connectivity index (χ2n) is 8.56. The Balaban J connectivity index is 1.45. The molecule has 1 aromatic heterocycles. The lowest BCUT2D eigenvalue weighted by molar-refractivity contribution is 0.113. The van der Waals surface area contributed by atoms with Crippen LogP contribution in [0.3, 0.4) is 0 Å². The zero-order chi connectivity index (χ0) is 21.6. The van der Waals surface area contributed by atoms with Gasteiger partial charge in [-0.2, -0.15) is 0 Å². The van der Waals surface area contributed by atoms with Gasteiger partial charge in [-0.25, -0.2) is 4.99 Å². The van der Waals surface area contributed by atoms with Crippen molar-refractivity contribution in [3.63, 3.8) is 0 Å². The molecule has 8 nitrogen and oxygen atoms in total. The number of aliphatic imine (C=N–C) groups is 1. The Morgan fingerprint density at radius 1 is 1.26 bits per heavy atom. The van der Waals surface area contributed by atoms with Crippen LogP contribution in [-0.4, -0.2) is 53.1 Å². The van der Waals surface area contributed by atoms with Crippen molar-refractivity contribution in [1.82, 2.24) is 25.4 Å². The first kappa shape index (κ1) is 21.6. The van der Waals surface area contributed by atoms with E-state index in [2.05, 4.69) is 56.9 Å². The molecule has 0 aliphatic carbocycles. The first-order valence-corrected chi connectivity index (χ1v) is 11.5. The quantitative estimate of drug-likeness (QED) is 0.525. The SMILES string of the molecule is Cc1nnc(CN=C(NCC2CCCO2)NC(C)c2cccc(N3CCCC3)c2)n1C. The maximum absolute atomic E-state index is 5.77. The van der Waals surface area contributed by atoms with Crippen molar-refractivity contribution in [1.29, 1.82) is 0 Å². The minimum absolute atomic E-state index is 0.125. The summed E-state index contributed by atoms with van der Waals surface area (Å²) < 4.78 is 7.75. The maximum Gasteiger partial charge on any atom is 0.192 e. The van der Waals surface area contributed by atoms with E-state index >= 15 is 0 Å². The third-order valence-corrected chi connectivity index (χ3v) is 6.28. The number of rotatable bonds is 7. The average Bonchev–Trinajstić information content (AvgIpc) is 3.55. The van der Waals surface area contributed by atoms with Crippen molar-refractivity contribution in [2.45, 2.75) is 58.2 Å². The van der Waals surface area contributed by atoms with Crippen LogP contribution in [0.15, 0.2) is 29.3 Å². The summed E-state index contributed by atoms with van der Waals surface area (Å²) in [4.78, 5) is 7.27. The largest absolute Gasteiger partial charge is 0.376 e. The van der Waals surface area contributed by atoms with Gasteiger partial charge in [-0.3, -0.25) is 0 Å². The Hall–Kier alpha value is -2.61. The monoisotopic (exact) mass is 425 g/mol. The fourth-order valence-corrected chi connectivity index (χ4v) is 4.16. The molecule has 0 spiro atoms. The predicted octanol–water partition coefficient (Wildman–Crippen LogP) is 2.70. The van der Waals surface area contributed by atoms with Crippen LogP contribution in [-0.2, 0) is 18.3 Å². The van der Waals surface area contributed by atoms with Crippen molar-refractivity contribution in [2.75, 3.05) is 31.1 Å². The maximum atomic E-state index is 5.77. The zero-order valence-corrected chi connectivity index (χ0v) is 19.0. The van der Waals surface area contributed by atoms with Crippen LogP contribution >= 0.6 is 0 Å². The minimum atomic E-state index is 0.125. The molecular weight excluding hydrogens is 390 g/mol. The summed E-state index contributed by atoms with van der Waals surface area (Å²) in [5.74, 6) is 2.51. The molecule has 2 aliphatic heterocycles. The molecule has 2 unspecified atom stereocenters. The van der Waals surface area contributed by atoms with E-state index in [1.807, 2.05) is 18.5 Å². The van der Waals surface area contributed by atoms with E-state index in [0.717, 1.165) is 56.7 Å². The van der Waals surface area contributed by atoms with Gasteiger partial charge in [-0.05, 0) is 57.2 Å². The number of aromatic nitrogens is 3. The molecule has 0 radical (unpaired) electrons. The third-order valence-electron chi connectivity index (χ3n) is 6.28. The zero-order valence-electron chi connectivity index (χ0n) is 19.0. The highest BCUT2D eigenvalue weighted by molar-refractivity contribution is 5.80. The van der Waals surface area contributed by atoms with Gasteiger partial charge in [0.2, 0.25) is 0 Å². The Morgan fingerprint density at radius 2 is 2.10 bits per heavy atom. The number of hydrogen-bond acceptors (Lipinski definition) is 5. The van der Waals surface area contributed by atoms with Crippen molar-refractivity contribution in [3.8, 4) is 0 Å². The highest BCUT2D eigenvalue weighted by Crippen LogP contribution is 2.24. The molecule has 2 atom stereocenters. The molecule has 168 valence electrons. The van der Waals surface area contributed by atoms with E-state index in [1.54, 1.807) is 0 Å². The normalized spacial score (nSPS) is 20.3. The van der Waals surface area contributed by atoms with Crippen LogP contribution in [0.2, 0.25) is 0 Å². The van der Waals surface area contributed by atoms with Gasteiger partial charge < -0.3 is 24.8 Å². The van der Waals surface area contributed by atoms with Crippen LogP contribution in [0.25, 0.3) is 0 Å². The van der Waals surface area contributed by atoms with Gasteiger partial charge in [0.05, 0.1) is 12.1 Å². The molecule has 4 rings (SSSR count). The number of hydrogen-bond donors (Lipinski definition) is 2. The molecule has 31 heavy (non-hydrogen) atoms. The molecule has 1 aromatic carbocycles. The van der Waals surface area contributed by atoms with Crippen molar-refractivity contribution in [2.24, 2.45) is 12.0 Å². The highest BCUT2D eigenvalue weighted by Gasteiger charge is 2.18. The number of nitrogens with zero attached hydrogens (tertiary/aromatic N) is 5. The van der Waals surface area contributed by atoms with Gasteiger partial charge in [-0.1, -0.05) is 12.1 Å². The summed E-state index contributed by atoms with van der Waals surface area (Å²) in [6.45, 7) is 8.51. The summed E-state index contributed by atoms with van der Waals surface area (Å²) >= 11 is 0. The first-order valence-electron chi connectivity index (χ1n) is 11.5. The number of benzene rings is 1. The molecule has 2 aromatic rings. The highest BCUT2D eigenvalue weighted by atomic mass is 16.5. The summed E-state index contributed by atoms with van der Waals surface area (Å²) in [6.07, 6.45) is 5.03. The number of guanidine groups is 1. The second-order valence-corrected chi connectivity index (χ2v) is 8.56. The molecular formula is C23H35N7O. The van der Waals surface area contributed by atoms with E-state index in [9.17, 15) is 0 Å². The van der Waals surface area contributed by atoms with Crippen LogP contribution in [0, 0.1) is 6.92 Å². The molecule has 2 saturated heterocycles. The number of nitrogens with one attached hydrogen (secondary N) is 2. The minimum Gasteiger partial charge on any atom is -0.376 e. The fraction of sp³-hybridized carbons (Fsp3) is 0.609. The van der Waals surface area contributed by atoms with Crippen molar-refractivity contribution >= 4 is 11.6 Å². The third kappa shape index (κ3) is 5.55. The Morgan fingerprint density at radius 3 is 2.81 bits per heavy atom. The smallest absolute Gasteiger partial charge is 0.192 e. The van der Waals surface area contributed by atoms with Crippen LogP contribution in [0.5, 0.6) is 0 Å². The van der Waals surface area contributed by atoms with Gasteiger partial charge in [0.1, 0.15) is 12.4 Å². The van der Waals surface area contributed by atoms with Gasteiger partial charge in [0.15, 0.2) is 11.8 Å². The summed E-state index contributed by atoms with van der Waals surface area (Å²) in [7, 11) is 1.97. The van der Waals surface area contributed by atoms with Gasteiger partial charge in [-0.15, -0.1) is 10.2 Å². The topological polar surface area (TPSA) is 79.6 Å². The van der Waals surface area contributed by atoms with Gasteiger partial charge in [0, 0.05) is 39.0 Å². The number of ether oxygens (including phenoxy) is 1. The fourth-order valence-electron chi connectivity index (χ4n) is 4.16. The molecule has 0 amide bonds. The standard InChI is InChI=1S/C23H35N7O/c1-17(19-8-6-9-20(14-19)30-11-4-5-12-30)26-23(24-15-21-10-7-13-31-21)25-16-22-28-27-18(2)29(22)3/h6,8-9,14,17,21H,4-5,7,10-13,15-16H2,1-3H3,(H2,24,25,26). The molecule has 2 N–H and O–H groups in total. The second kappa shape index (κ2) is 10.1. The van der Waals surface area contributed by atoms with Crippen LogP contribution in [0.4, 0.5) is 5.69 Å². The molecule has 0 saturated carbocycles. The molecule has 3 heterocycles. The summed E-state index contributed by atoms with van der Waals surface area (Å²) in [6, 6.07) is 8.97. The number of aryl methyl sites for hydroxylation is 1. The Labute approximate surface area is 185 Å². The molecule has 2 aliphatic rings. The lowest BCUT2D eigenvalue weighted by Gasteiger charge is -2.23. The predicted molar refractivity (Wildman–Crippen MR) is 123 cm³/mol. The van der Waals surface area contributed by atoms with Gasteiger partial charge in [0.25, 0.3) is 0 Å². The Kier molecular flexibility index (Phi) is 7.06. The number of anilines is 1. The lowest BCUT2D eigenvalue weighted by atomic mass is 10.1. The van der Waals surface area contributed by atoms with Crippen LogP contribution in [0.1, 0.15) is 55.9 Å². The van der Waals surface area contributed by atoms with Gasteiger partial charge >= 0.3 is 0 Å². The summed E-state index contributed by atoms with van der Waals surface area (Å²) in [5.41, 5.74) is 2.56. The van der Waals surface area contributed by atoms with E-state index < -0.39 is 0 Å². The van der Waals surface area contributed by atoms with E-state index in [1.165, 1.54) is 24.1 Å². The van der Waals surface area contributed by atoms with E-state index in [-0.39, 0.29) is 12.1 Å². The molecule has 0 bridgehead atoms. The van der Waals surface area contributed by atoms with E-state index in [0.29, 0.717) is 6.54 Å². The average molecular weight is 426 g/mol. The summed E-state index contributed by atoms with van der Waals surface area (Å²) in [5, 5.41) is 15.4. The van der Waals surface area contributed by atoms with Crippen molar-refractivity contribution < 1.29 is 4.74 Å². The molecule has 2 fully saturated rings. The van der Waals surface area contributed by atoms with Crippen molar-refractivity contribution in [3.05, 3.63) is 41.5 Å². The first-order chi connectivity index (χ1) is 15.1. The lowest BCUT2D eigenvalue weighted by Crippen LogP contribution is -2.42. The molecule has 8 heteroatoms.